The molecule has 2 heterocycles. The molecule has 0 bridgehead atoms. The summed E-state index contributed by atoms with van der Waals surface area (Å²) in [5.74, 6) is -0.665. The number of hydrogen-bond donors (Lipinski definition) is 1. The Morgan fingerprint density at radius 2 is 2.00 bits per heavy atom. The minimum Gasteiger partial charge on any atom is -0.465 e. The summed E-state index contributed by atoms with van der Waals surface area (Å²) in [6.07, 6.45) is 1.64. The van der Waals surface area contributed by atoms with Crippen LogP contribution in [0.5, 0.6) is 0 Å². The average Bonchev–Trinajstić information content (AvgIpc) is 3.21. The molecule has 30 heavy (non-hydrogen) atoms. The maximum atomic E-state index is 14.0. The normalized spacial score (nSPS) is 11.6. The van der Waals surface area contributed by atoms with Crippen molar-refractivity contribution >= 4 is 50.9 Å². The quantitative estimate of drug-likeness (QED) is 0.436. The highest BCUT2D eigenvalue weighted by Gasteiger charge is 2.12. The second-order valence-corrected chi connectivity index (χ2v) is 7.83. The molecule has 0 spiro atoms. The van der Waals surface area contributed by atoms with Crippen molar-refractivity contribution in [1.29, 1.82) is 0 Å². The van der Waals surface area contributed by atoms with Crippen LogP contribution in [0.2, 0.25) is 0 Å². The highest BCUT2D eigenvalue weighted by atomic mass is 35.5. The number of aromatic amines is 1. The van der Waals surface area contributed by atoms with Crippen LogP contribution in [0.3, 0.4) is 0 Å². The molecule has 0 saturated carbocycles. The van der Waals surface area contributed by atoms with E-state index in [4.69, 9.17) is 16.3 Å². The van der Waals surface area contributed by atoms with Crippen LogP contribution < -0.4 is 5.56 Å². The molecule has 4 rings (SSSR count). The molecule has 1 N–H and O–H groups in total. The topological polar surface area (TPSA) is 72.1 Å². The Hall–Kier alpha value is -3.29. The molecular formula is C22H14ClFN2O3S. The number of carbonyl (C=O) groups is 1. The van der Waals surface area contributed by atoms with Gasteiger partial charge in [0.1, 0.15) is 5.82 Å². The number of rotatable bonds is 4. The molecule has 0 aliphatic carbocycles. The highest BCUT2D eigenvalue weighted by molar-refractivity contribution is 7.16. The van der Waals surface area contributed by atoms with Crippen LogP contribution in [-0.2, 0) is 4.74 Å². The number of H-pyrrole nitrogens is 1. The number of thiophene rings is 1. The van der Waals surface area contributed by atoms with E-state index in [1.165, 1.54) is 42.7 Å². The van der Waals surface area contributed by atoms with Gasteiger partial charge >= 0.3 is 5.97 Å². The maximum absolute atomic E-state index is 14.0. The van der Waals surface area contributed by atoms with Crippen LogP contribution in [0, 0.1) is 5.82 Å². The van der Waals surface area contributed by atoms with E-state index >= 15 is 0 Å². The lowest BCUT2D eigenvalue weighted by Crippen LogP contribution is -2.11. The van der Waals surface area contributed by atoms with E-state index in [0.717, 1.165) is 9.75 Å². The first-order valence-electron chi connectivity index (χ1n) is 8.81. The highest BCUT2D eigenvalue weighted by Crippen LogP contribution is 2.32. The second kappa shape index (κ2) is 8.22. The number of benzene rings is 2. The van der Waals surface area contributed by atoms with Crippen molar-refractivity contribution in [2.75, 3.05) is 7.11 Å². The first-order valence-corrected chi connectivity index (χ1v) is 10.0. The third kappa shape index (κ3) is 3.90. The standard InChI is InChI=1S/C22H14ClFN2O3S/c1-29-22(28)12-6-8-15-18(10-12)25-20(26-21(15)27)16(23)11-13-7-9-19(30-13)14-4-2-3-5-17(14)24/h2-11H,1H3,(H,25,26,27). The summed E-state index contributed by atoms with van der Waals surface area (Å²) >= 11 is 7.76. The Balaban J connectivity index is 1.71. The van der Waals surface area contributed by atoms with Gasteiger partial charge in [-0.25, -0.2) is 14.2 Å². The molecule has 8 heteroatoms. The fraction of sp³-hybridized carbons (Fsp3) is 0.0455. The molecule has 0 saturated heterocycles. The lowest BCUT2D eigenvalue weighted by Gasteiger charge is -2.04. The van der Waals surface area contributed by atoms with Crippen molar-refractivity contribution in [2.24, 2.45) is 0 Å². The van der Waals surface area contributed by atoms with Gasteiger partial charge in [-0.2, -0.15) is 0 Å². The fourth-order valence-corrected chi connectivity index (χ4v) is 4.18. The summed E-state index contributed by atoms with van der Waals surface area (Å²) in [4.78, 5) is 32.7. The lowest BCUT2D eigenvalue weighted by atomic mass is 10.1. The van der Waals surface area contributed by atoms with Gasteiger partial charge in [-0.05, 0) is 42.5 Å². The Kier molecular flexibility index (Phi) is 5.48. The lowest BCUT2D eigenvalue weighted by molar-refractivity contribution is 0.0601. The Labute approximate surface area is 179 Å². The third-order valence-corrected chi connectivity index (χ3v) is 5.74. The van der Waals surface area contributed by atoms with Crippen LogP contribution in [-0.4, -0.2) is 23.0 Å². The maximum Gasteiger partial charge on any atom is 0.337 e. The van der Waals surface area contributed by atoms with Gasteiger partial charge in [-0.15, -0.1) is 11.3 Å². The van der Waals surface area contributed by atoms with E-state index in [2.05, 4.69) is 9.97 Å². The molecule has 2 aromatic heterocycles. The molecular weight excluding hydrogens is 427 g/mol. The summed E-state index contributed by atoms with van der Waals surface area (Å²) in [6.45, 7) is 0. The summed E-state index contributed by atoms with van der Waals surface area (Å²) in [5, 5.41) is 0.535. The van der Waals surface area contributed by atoms with Gasteiger partial charge in [0, 0.05) is 15.3 Å². The minimum atomic E-state index is -0.526. The van der Waals surface area contributed by atoms with Crippen LogP contribution in [0.25, 0.3) is 32.5 Å². The third-order valence-electron chi connectivity index (χ3n) is 4.39. The van der Waals surface area contributed by atoms with Crippen LogP contribution >= 0.6 is 22.9 Å². The molecule has 4 aromatic rings. The summed E-state index contributed by atoms with van der Waals surface area (Å²) in [6, 6.07) is 14.6. The predicted molar refractivity (Wildman–Crippen MR) is 117 cm³/mol. The first kappa shape index (κ1) is 20.0. The molecule has 0 aliphatic rings. The number of fused-ring (bicyclic) bond motifs is 1. The van der Waals surface area contributed by atoms with E-state index in [1.807, 2.05) is 6.07 Å². The molecule has 0 radical (unpaired) electrons. The molecule has 0 amide bonds. The van der Waals surface area contributed by atoms with Gasteiger partial charge in [0.25, 0.3) is 5.56 Å². The number of nitrogens with zero attached hydrogens (tertiary/aromatic N) is 1. The summed E-state index contributed by atoms with van der Waals surface area (Å²) in [5.41, 5.74) is 0.727. The molecule has 150 valence electrons. The number of aromatic nitrogens is 2. The van der Waals surface area contributed by atoms with Crippen molar-refractivity contribution < 1.29 is 13.9 Å². The summed E-state index contributed by atoms with van der Waals surface area (Å²) in [7, 11) is 1.28. The zero-order valence-electron chi connectivity index (χ0n) is 15.6. The van der Waals surface area contributed by atoms with E-state index in [-0.39, 0.29) is 27.8 Å². The molecule has 0 unspecified atom stereocenters. The molecule has 5 nitrogen and oxygen atoms in total. The first-order chi connectivity index (χ1) is 14.5. The number of ether oxygens (including phenoxy) is 1. The van der Waals surface area contributed by atoms with Crippen molar-refractivity contribution in [3.05, 3.63) is 87.0 Å². The van der Waals surface area contributed by atoms with Crippen LogP contribution in [0.15, 0.2) is 59.4 Å². The van der Waals surface area contributed by atoms with Crippen molar-refractivity contribution in [3.8, 4) is 10.4 Å². The SMILES string of the molecule is COC(=O)c1ccc2c(=O)[nH]c(C(Cl)=Cc3ccc(-c4ccccc4F)s3)nc2c1. The number of esters is 1. The zero-order valence-corrected chi connectivity index (χ0v) is 17.2. The minimum absolute atomic E-state index is 0.164. The van der Waals surface area contributed by atoms with Gasteiger partial charge in [0.05, 0.1) is 28.6 Å². The monoisotopic (exact) mass is 440 g/mol. The largest absolute Gasteiger partial charge is 0.465 e. The van der Waals surface area contributed by atoms with Crippen LogP contribution in [0.1, 0.15) is 21.1 Å². The zero-order chi connectivity index (χ0) is 21.3. The van der Waals surface area contributed by atoms with E-state index in [0.29, 0.717) is 16.5 Å². The predicted octanol–water partition coefficient (Wildman–Crippen LogP) is 5.31. The number of nitrogens with one attached hydrogen (secondary N) is 1. The average molecular weight is 441 g/mol. The van der Waals surface area contributed by atoms with Crippen molar-refractivity contribution in [3.63, 3.8) is 0 Å². The van der Waals surface area contributed by atoms with Gasteiger partial charge < -0.3 is 9.72 Å². The Morgan fingerprint density at radius 3 is 2.77 bits per heavy atom. The van der Waals surface area contributed by atoms with Crippen LogP contribution in [0.4, 0.5) is 4.39 Å². The molecule has 2 aromatic carbocycles. The van der Waals surface area contributed by atoms with Gasteiger partial charge in [0.15, 0.2) is 5.82 Å². The number of halogens is 2. The Bertz CT molecular complexity index is 1360. The second-order valence-electron chi connectivity index (χ2n) is 6.31. The van der Waals surface area contributed by atoms with Gasteiger partial charge in [0.2, 0.25) is 0 Å². The van der Waals surface area contributed by atoms with E-state index in [9.17, 15) is 14.0 Å². The molecule has 0 atom stereocenters. The summed E-state index contributed by atoms with van der Waals surface area (Å²) < 4.78 is 18.7. The van der Waals surface area contributed by atoms with Crippen molar-refractivity contribution in [2.45, 2.75) is 0 Å². The molecule has 0 aliphatic heterocycles. The Morgan fingerprint density at radius 1 is 1.20 bits per heavy atom. The number of methoxy groups -OCH3 is 1. The van der Waals surface area contributed by atoms with Crippen molar-refractivity contribution in [1.82, 2.24) is 9.97 Å². The smallest absolute Gasteiger partial charge is 0.337 e. The van der Waals surface area contributed by atoms with E-state index < -0.39 is 5.97 Å². The van der Waals surface area contributed by atoms with Gasteiger partial charge in [-0.1, -0.05) is 29.8 Å². The number of carbonyl (C=O) groups excluding carboxylic acids is 1. The van der Waals surface area contributed by atoms with Gasteiger partial charge in [-0.3, -0.25) is 4.79 Å². The molecule has 0 fully saturated rings. The fourth-order valence-electron chi connectivity index (χ4n) is 2.93. The number of hydrogen-bond acceptors (Lipinski definition) is 5. The van der Waals surface area contributed by atoms with E-state index in [1.54, 1.807) is 30.3 Å².